The van der Waals surface area contributed by atoms with Crippen LogP contribution in [0.4, 0.5) is 11.4 Å². The van der Waals surface area contributed by atoms with Gasteiger partial charge in [-0.15, -0.1) is 0 Å². The van der Waals surface area contributed by atoms with Gasteiger partial charge in [0.05, 0.1) is 11.4 Å². The summed E-state index contributed by atoms with van der Waals surface area (Å²) in [6.07, 6.45) is 3.59. The number of nitrogens with zero attached hydrogens (tertiary/aromatic N) is 1. The molecule has 1 aromatic carbocycles. The van der Waals surface area contributed by atoms with E-state index in [9.17, 15) is 4.79 Å². The van der Waals surface area contributed by atoms with Crippen molar-refractivity contribution >= 4 is 17.3 Å². The first-order valence-electron chi connectivity index (χ1n) is 6.95. The van der Waals surface area contributed by atoms with Crippen molar-refractivity contribution in [1.29, 1.82) is 0 Å². The number of hydrogen-bond acceptors (Lipinski definition) is 3. The van der Waals surface area contributed by atoms with Crippen molar-refractivity contribution in [3.8, 4) is 0 Å². The normalized spacial score (nSPS) is 17.7. The van der Waals surface area contributed by atoms with Crippen LogP contribution in [0.1, 0.15) is 43.5 Å². The second kappa shape index (κ2) is 5.11. The molecule has 4 N–H and O–H groups in total. The van der Waals surface area contributed by atoms with Gasteiger partial charge >= 0.3 is 0 Å². The van der Waals surface area contributed by atoms with Crippen molar-refractivity contribution in [1.82, 2.24) is 0 Å². The van der Waals surface area contributed by atoms with Gasteiger partial charge in [-0.3, -0.25) is 4.79 Å². The van der Waals surface area contributed by atoms with Gasteiger partial charge < -0.3 is 16.4 Å². The summed E-state index contributed by atoms with van der Waals surface area (Å²) in [4.78, 5) is 13.5. The van der Waals surface area contributed by atoms with E-state index in [1.165, 1.54) is 19.3 Å². The van der Waals surface area contributed by atoms with Gasteiger partial charge in [-0.25, -0.2) is 0 Å². The van der Waals surface area contributed by atoms with Crippen molar-refractivity contribution in [2.45, 2.75) is 33.1 Å². The number of carbonyl (C=O) groups excluding carboxylic acids is 1. The molecule has 0 spiro atoms. The standard InChI is InChI=1S/C15H23N3O/c1-3-15(4-2)7-8-18(10-15)13-6-5-11(14(17)19)9-12(13)16/h5-6,9H,3-4,7-8,10,16H2,1-2H3,(H2,17,19). The third kappa shape index (κ3) is 2.53. The second-order valence-corrected chi connectivity index (χ2v) is 5.52. The number of anilines is 2. The van der Waals surface area contributed by atoms with E-state index >= 15 is 0 Å². The van der Waals surface area contributed by atoms with Gasteiger partial charge in [-0.2, -0.15) is 0 Å². The first-order chi connectivity index (χ1) is 9.01. The Kier molecular flexibility index (Phi) is 3.69. The Morgan fingerprint density at radius 1 is 1.37 bits per heavy atom. The molecule has 0 aliphatic carbocycles. The summed E-state index contributed by atoms with van der Waals surface area (Å²) in [5, 5.41) is 0. The number of benzene rings is 1. The van der Waals surface area contributed by atoms with Crippen LogP contribution in [0.25, 0.3) is 0 Å². The van der Waals surface area contributed by atoms with Crippen molar-refractivity contribution < 1.29 is 4.79 Å². The fraction of sp³-hybridized carbons (Fsp3) is 0.533. The van der Waals surface area contributed by atoms with Crippen LogP contribution in [0.2, 0.25) is 0 Å². The third-order valence-electron chi connectivity index (χ3n) is 4.59. The summed E-state index contributed by atoms with van der Waals surface area (Å²) in [5.41, 5.74) is 13.9. The quantitative estimate of drug-likeness (QED) is 0.817. The molecule has 1 amide bonds. The van der Waals surface area contributed by atoms with Crippen LogP contribution < -0.4 is 16.4 Å². The van der Waals surface area contributed by atoms with Gasteiger partial charge in [-0.05, 0) is 42.9 Å². The molecule has 1 fully saturated rings. The van der Waals surface area contributed by atoms with Crippen LogP contribution in [0, 0.1) is 5.41 Å². The highest BCUT2D eigenvalue weighted by molar-refractivity contribution is 5.94. The lowest BCUT2D eigenvalue weighted by Gasteiger charge is -2.27. The molecule has 104 valence electrons. The molecule has 1 heterocycles. The number of nitrogen functional groups attached to an aromatic ring is 1. The number of rotatable bonds is 4. The van der Waals surface area contributed by atoms with Gasteiger partial charge in [-0.1, -0.05) is 13.8 Å². The van der Waals surface area contributed by atoms with Crippen LogP contribution in [0.3, 0.4) is 0 Å². The molecule has 1 saturated heterocycles. The molecule has 0 radical (unpaired) electrons. The monoisotopic (exact) mass is 261 g/mol. The maximum absolute atomic E-state index is 11.1. The third-order valence-corrected chi connectivity index (χ3v) is 4.59. The molecule has 19 heavy (non-hydrogen) atoms. The van der Waals surface area contributed by atoms with Crippen molar-refractivity contribution in [2.75, 3.05) is 23.7 Å². The van der Waals surface area contributed by atoms with E-state index in [4.69, 9.17) is 11.5 Å². The molecule has 0 atom stereocenters. The van der Waals surface area contributed by atoms with E-state index in [0.29, 0.717) is 16.7 Å². The molecule has 0 saturated carbocycles. The molecular formula is C15H23N3O. The molecule has 4 heteroatoms. The predicted octanol–water partition coefficient (Wildman–Crippen LogP) is 2.38. The van der Waals surface area contributed by atoms with E-state index in [-0.39, 0.29) is 0 Å². The largest absolute Gasteiger partial charge is 0.397 e. The average Bonchev–Trinajstić information content (AvgIpc) is 2.83. The molecule has 4 nitrogen and oxygen atoms in total. The zero-order valence-corrected chi connectivity index (χ0v) is 11.8. The highest BCUT2D eigenvalue weighted by atomic mass is 16.1. The fourth-order valence-corrected chi connectivity index (χ4v) is 2.96. The molecule has 0 aromatic heterocycles. The maximum Gasteiger partial charge on any atom is 0.248 e. The van der Waals surface area contributed by atoms with Crippen LogP contribution in [-0.2, 0) is 0 Å². The second-order valence-electron chi connectivity index (χ2n) is 5.52. The Hall–Kier alpha value is -1.71. The van der Waals surface area contributed by atoms with Crippen molar-refractivity contribution in [3.63, 3.8) is 0 Å². The first kappa shape index (κ1) is 13.7. The number of carbonyl (C=O) groups is 1. The molecule has 1 aliphatic rings. The average molecular weight is 261 g/mol. The molecule has 1 aliphatic heterocycles. The van der Waals surface area contributed by atoms with Crippen LogP contribution in [-0.4, -0.2) is 19.0 Å². The summed E-state index contributed by atoms with van der Waals surface area (Å²) >= 11 is 0. The Morgan fingerprint density at radius 2 is 2.05 bits per heavy atom. The van der Waals surface area contributed by atoms with Crippen LogP contribution >= 0.6 is 0 Å². The van der Waals surface area contributed by atoms with Crippen molar-refractivity contribution in [3.05, 3.63) is 23.8 Å². The highest BCUT2D eigenvalue weighted by Gasteiger charge is 2.35. The minimum atomic E-state index is -0.434. The van der Waals surface area contributed by atoms with Gasteiger partial charge in [0.1, 0.15) is 0 Å². The number of hydrogen-bond donors (Lipinski definition) is 2. The smallest absolute Gasteiger partial charge is 0.248 e. The molecular weight excluding hydrogens is 238 g/mol. The summed E-state index contributed by atoms with van der Waals surface area (Å²) < 4.78 is 0. The van der Waals surface area contributed by atoms with E-state index < -0.39 is 5.91 Å². The lowest BCUT2D eigenvalue weighted by molar-refractivity contribution is 0.100. The van der Waals surface area contributed by atoms with Gasteiger partial charge in [0, 0.05) is 18.7 Å². The zero-order chi connectivity index (χ0) is 14.0. The van der Waals surface area contributed by atoms with E-state index in [1.807, 2.05) is 6.07 Å². The summed E-state index contributed by atoms with van der Waals surface area (Å²) in [6, 6.07) is 5.35. The molecule has 0 bridgehead atoms. The molecule has 1 aromatic rings. The highest BCUT2D eigenvalue weighted by Crippen LogP contribution is 2.40. The number of amides is 1. The fourth-order valence-electron chi connectivity index (χ4n) is 2.96. The number of nitrogens with two attached hydrogens (primary N) is 2. The zero-order valence-electron chi connectivity index (χ0n) is 11.8. The van der Waals surface area contributed by atoms with Gasteiger partial charge in [0.25, 0.3) is 0 Å². The molecule has 0 unspecified atom stereocenters. The first-order valence-corrected chi connectivity index (χ1v) is 6.95. The van der Waals surface area contributed by atoms with Crippen molar-refractivity contribution in [2.24, 2.45) is 11.1 Å². The minimum Gasteiger partial charge on any atom is -0.397 e. The Labute approximate surface area is 114 Å². The van der Waals surface area contributed by atoms with E-state index in [1.54, 1.807) is 12.1 Å². The summed E-state index contributed by atoms with van der Waals surface area (Å²) in [7, 11) is 0. The Morgan fingerprint density at radius 3 is 2.53 bits per heavy atom. The Balaban J connectivity index is 2.22. The maximum atomic E-state index is 11.1. The number of primary amides is 1. The lowest BCUT2D eigenvalue weighted by atomic mass is 9.82. The predicted molar refractivity (Wildman–Crippen MR) is 79.2 cm³/mol. The lowest BCUT2D eigenvalue weighted by Crippen LogP contribution is -2.26. The SMILES string of the molecule is CCC1(CC)CCN(c2ccc(C(N)=O)cc2N)C1. The Bertz CT molecular complexity index is 480. The minimum absolute atomic E-state index is 0.412. The summed E-state index contributed by atoms with van der Waals surface area (Å²) in [6.45, 7) is 6.58. The summed E-state index contributed by atoms with van der Waals surface area (Å²) in [5.74, 6) is -0.434. The van der Waals surface area contributed by atoms with Gasteiger partial charge in [0.15, 0.2) is 0 Å². The van der Waals surface area contributed by atoms with Gasteiger partial charge in [0.2, 0.25) is 5.91 Å². The van der Waals surface area contributed by atoms with E-state index in [2.05, 4.69) is 18.7 Å². The van der Waals surface area contributed by atoms with E-state index in [0.717, 1.165) is 18.8 Å². The van der Waals surface area contributed by atoms with Crippen LogP contribution in [0.5, 0.6) is 0 Å². The molecule has 2 rings (SSSR count). The van der Waals surface area contributed by atoms with Crippen LogP contribution in [0.15, 0.2) is 18.2 Å². The topological polar surface area (TPSA) is 72.3 Å².